The van der Waals surface area contributed by atoms with E-state index < -0.39 is 0 Å². The van der Waals surface area contributed by atoms with E-state index in [-0.39, 0.29) is 0 Å². The lowest BCUT2D eigenvalue weighted by Gasteiger charge is -2.06. The predicted molar refractivity (Wildman–Crippen MR) is 50.1 cm³/mol. The lowest BCUT2D eigenvalue weighted by atomic mass is 10.0. The second-order valence-electron chi connectivity index (χ2n) is 3.12. The zero-order valence-corrected chi connectivity index (χ0v) is 7.36. The van der Waals surface area contributed by atoms with Gasteiger partial charge in [0.05, 0.1) is 0 Å². The van der Waals surface area contributed by atoms with E-state index >= 15 is 0 Å². The summed E-state index contributed by atoms with van der Waals surface area (Å²) in [5, 5.41) is 2.15. The van der Waals surface area contributed by atoms with Gasteiger partial charge in [0.2, 0.25) is 0 Å². The highest BCUT2D eigenvalue weighted by molar-refractivity contribution is 7.10. The molecule has 1 aliphatic rings. The first-order valence-electron chi connectivity index (χ1n) is 4.09. The molecule has 1 heteroatoms. The quantitative estimate of drug-likeness (QED) is 0.557. The van der Waals surface area contributed by atoms with Gasteiger partial charge in [0.15, 0.2) is 0 Å². The Morgan fingerprint density at radius 3 is 3.00 bits per heavy atom. The first kappa shape index (κ1) is 7.11. The highest BCUT2D eigenvalue weighted by atomic mass is 32.1. The Morgan fingerprint density at radius 2 is 2.45 bits per heavy atom. The molecule has 0 nitrogen and oxygen atoms in total. The van der Waals surface area contributed by atoms with Crippen LogP contribution in [0.15, 0.2) is 29.7 Å². The van der Waals surface area contributed by atoms with E-state index in [1.807, 2.05) is 11.3 Å². The number of hydrogen-bond acceptors (Lipinski definition) is 1. The molecule has 1 aromatic heterocycles. The van der Waals surface area contributed by atoms with Crippen molar-refractivity contribution >= 4 is 11.3 Å². The molecule has 1 aliphatic carbocycles. The van der Waals surface area contributed by atoms with Crippen molar-refractivity contribution in [3.63, 3.8) is 0 Å². The van der Waals surface area contributed by atoms with Crippen LogP contribution >= 0.6 is 11.3 Å². The molecule has 0 aromatic carbocycles. The Bertz CT molecular complexity index is 246. The van der Waals surface area contributed by atoms with E-state index in [2.05, 4.69) is 24.1 Å². The molecule has 2 rings (SSSR count). The Hall–Kier alpha value is -0.560. The van der Waals surface area contributed by atoms with Gasteiger partial charge in [-0.3, -0.25) is 0 Å². The second-order valence-corrected chi connectivity index (χ2v) is 4.10. The first-order chi connectivity index (χ1) is 5.38. The molecule has 1 atom stereocenters. The fourth-order valence-electron chi connectivity index (χ4n) is 1.74. The van der Waals surface area contributed by atoms with Crippen molar-refractivity contribution in [1.29, 1.82) is 0 Å². The average Bonchev–Trinajstić information content (AvgIpc) is 2.55. The molecule has 0 aliphatic heterocycles. The normalized spacial score (nSPS) is 24.4. The number of hydrogen-bond donors (Lipinski definition) is 0. The van der Waals surface area contributed by atoms with E-state index in [0.717, 1.165) is 0 Å². The van der Waals surface area contributed by atoms with Gasteiger partial charge in [0.25, 0.3) is 0 Å². The molecule has 1 aromatic rings. The minimum Gasteiger partial charge on any atom is -0.148 e. The molecule has 0 amide bonds. The molecule has 1 saturated carbocycles. The molecule has 0 radical (unpaired) electrons. The monoisotopic (exact) mass is 164 g/mol. The standard InChI is InChI=1S/C10H12S/c1-8-4-2-5-9(8)10-6-3-7-11-10/h3,6-7,9H,1-2,4-5H2. The summed E-state index contributed by atoms with van der Waals surface area (Å²) in [4.78, 5) is 1.51. The SMILES string of the molecule is C=C1CCCC1c1cccs1. The fraction of sp³-hybridized carbons (Fsp3) is 0.400. The van der Waals surface area contributed by atoms with Crippen molar-refractivity contribution in [2.45, 2.75) is 25.2 Å². The van der Waals surface area contributed by atoms with E-state index in [1.54, 1.807) is 0 Å². The summed E-state index contributed by atoms with van der Waals surface area (Å²) in [6.07, 6.45) is 3.89. The van der Waals surface area contributed by atoms with Crippen LogP contribution in [0.25, 0.3) is 0 Å². The van der Waals surface area contributed by atoms with Gasteiger partial charge < -0.3 is 0 Å². The van der Waals surface area contributed by atoms with Crippen molar-refractivity contribution in [3.8, 4) is 0 Å². The summed E-state index contributed by atoms with van der Waals surface area (Å²) in [5.41, 5.74) is 1.44. The van der Waals surface area contributed by atoms with Gasteiger partial charge in [-0.2, -0.15) is 0 Å². The molecule has 0 spiro atoms. The summed E-state index contributed by atoms with van der Waals surface area (Å²) >= 11 is 1.86. The molecule has 0 bridgehead atoms. The largest absolute Gasteiger partial charge is 0.148 e. The van der Waals surface area contributed by atoms with E-state index in [1.165, 1.54) is 29.7 Å². The third kappa shape index (κ3) is 1.25. The van der Waals surface area contributed by atoms with Gasteiger partial charge in [-0.05, 0) is 30.7 Å². The van der Waals surface area contributed by atoms with Crippen LogP contribution in [0.3, 0.4) is 0 Å². The van der Waals surface area contributed by atoms with Gasteiger partial charge in [-0.1, -0.05) is 18.2 Å². The summed E-state index contributed by atoms with van der Waals surface area (Å²) in [6, 6.07) is 4.36. The predicted octanol–water partition coefficient (Wildman–Crippen LogP) is 3.57. The van der Waals surface area contributed by atoms with E-state index in [4.69, 9.17) is 0 Å². The summed E-state index contributed by atoms with van der Waals surface area (Å²) < 4.78 is 0. The van der Waals surface area contributed by atoms with Crippen LogP contribution in [0.2, 0.25) is 0 Å². The van der Waals surface area contributed by atoms with Crippen molar-refractivity contribution in [2.24, 2.45) is 0 Å². The molecule has 1 unspecified atom stereocenters. The smallest absolute Gasteiger partial charge is 0.0140 e. The third-order valence-electron chi connectivity index (χ3n) is 2.37. The van der Waals surface area contributed by atoms with Gasteiger partial charge in [0, 0.05) is 10.8 Å². The highest BCUT2D eigenvalue weighted by Gasteiger charge is 2.20. The minimum absolute atomic E-state index is 0.690. The van der Waals surface area contributed by atoms with Gasteiger partial charge in [-0.15, -0.1) is 11.3 Å². The van der Waals surface area contributed by atoms with Crippen LogP contribution in [-0.4, -0.2) is 0 Å². The molecule has 0 N–H and O–H groups in total. The van der Waals surface area contributed by atoms with Crippen LogP contribution < -0.4 is 0 Å². The lowest BCUT2D eigenvalue weighted by molar-refractivity contribution is 0.805. The lowest BCUT2D eigenvalue weighted by Crippen LogP contribution is -1.89. The third-order valence-corrected chi connectivity index (χ3v) is 3.36. The maximum absolute atomic E-state index is 4.10. The van der Waals surface area contributed by atoms with E-state index in [0.29, 0.717) is 5.92 Å². The second kappa shape index (κ2) is 2.82. The van der Waals surface area contributed by atoms with E-state index in [9.17, 15) is 0 Å². The molecular formula is C10H12S. The Morgan fingerprint density at radius 1 is 1.55 bits per heavy atom. The molecule has 1 heterocycles. The van der Waals surface area contributed by atoms with Gasteiger partial charge in [0.1, 0.15) is 0 Å². The van der Waals surface area contributed by atoms with Crippen LogP contribution in [-0.2, 0) is 0 Å². The fourth-order valence-corrected chi connectivity index (χ4v) is 2.66. The topological polar surface area (TPSA) is 0 Å². The van der Waals surface area contributed by atoms with Crippen LogP contribution in [0, 0.1) is 0 Å². The van der Waals surface area contributed by atoms with Crippen molar-refractivity contribution in [1.82, 2.24) is 0 Å². The number of rotatable bonds is 1. The Balaban J connectivity index is 2.23. The summed E-state index contributed by atoms with van der Waals surface area (Å²) in [7, 11) is 0. The van der Waals surface area contributed by atoms with Gasteiger partial charge in [-0.25, -0.2) is 0 Å². The maximum Gasteiger partial charge on any atom is 0.0140 e. The molecule has 0 saturated heterocycles. The minimum atomic E-state index is 0.690. The zero-order valence-electron chi connectivity index (χ0n) is 6.55. The molecule has 58 valence electrons. The van der Waals surface area contributed by atoms with Crippen LogP contribution in [0.5, 0.6) is 0 Å². The Labute approximate surface area is 71.6 Å². The molecule has 11 heavy (non-hydrogen) atoms. The number of allylic oxidation sites excluding steroid dienone is 1. The number of thiophene rings is 1. The molecular weight excluding hydrogens is 152 g/mol. The Kier molecular flexibility index (Phi) is 1.82. The van der Waals surface area contributed by atoms with Crippen molar-refractivity contribution in [2.75, 3.05) is 0 Å². The van der Waals surface area contributed by atoms with Crippen molar-refractivity contribution in [3.05, 3.63) is 34.5 Å². The first-order valence-corrected chi connectivity index (χ1v) is 4.97. The average molecular weight is 164 g/mol. The molecule has 1 fully saturated rings. The summed E-state index contributed by atoms with van der Waals surface area (Å²) in [5.74, 6) is 0.690. The highest BCUT2D eigenvalue weighted by Crippen LogP contribution is 2.39. The van der Waals surface area contributed by atoms with Crippen LogP contribution in [0.4, 0.5) is 0 Å². The van der Waals surface area contributed by atoms with Crippen molar-refractivity contribution < 1.29 is 0 Å². The maximum atomic E-state index is 4.10. The van der Waals surface area contributed by atoms with Crippen LogP contribution in [0.1, 0.15) is 30.1 Å². The zero-order chi connectivity index (χ0) is 7.68. The van der Waals surface area contributed by atoms with Gasteiger partial charge >= 0.3 is 0 Å². The summed E-state index contributed by atoms with van der Waals surface area (Å²) in [6.45, 7) is 4.10.